The molecule has 1 fully saturated rings. The summed E-state index contributed by atoms with van der Waals surface area (Å²) >= 11 is 6.35. The fourth-order valence-corrected chi connectivity index (χ4v) is 3.34. The van der Waals surface area contributed by atoms with Crippen LogP contribution >= 0.6 is 11.6 Å². The van der Waals surface area contributed by atoms with Gasteiger partial charge in [0.25, 0.3) is 11.8 Å². The lowest BCUT2D eigenvalue weighted by Gasteiger charge is -2.14. The van der Waals surface area contributed by atoms with Crippen molar-refractivity contribution < 1.29 is 33.8 Å². The number of aliphatic carboxylic acids is 1. The molecule has 1 aliphatic heterocycles. The summed E-state index contributed by atoms with van der Waals surface area (Å²) in [5.74, 6) is -2.14. The van der Waals surface area contributed by atoms with Crippen LogP contribution < -0.4 is 20.1 Å². The Morgan fingerprint density at radius 2 is 1.88 bits per heavy atom. The number of rotatable bonds is 9. The first kappa shape index (κ1) is 24.6. The number of carbonyl (C=O) groups excluding carboxylic acids is 3. The molecule has 1 aliphatic rings. The van der Waals surface area contributed by atoms with Gasteiger partial charge in [-0.1, -0.05) is 29.3 Å². The molecule has 4 amide bonds. The van der Waals surface area contributed by atoms with Gasteiger partial charge in [0.1, 0.15) is 12.2 Å². The Bertz CT molecular complexity index is 1160. The molecular weight excluding hydrogens is 466 g/mol. The Hall–Kier alpha value is -4.05. The van der Waals surface area contributed by atoms with Crippen LogP contribution in [0, 0.1) is 6.92 Å². The number of ether oxygens (including phenoxy) is 2. The third kappa shape index (κ3) is 6.04. The molecule has 11 heteroatoms. The van der Waals surface area contributed by atoms with Crippen LogP contribution in [-0.4, -0.2) is 53.6 Å². The Labute approximate surface area is 200 Å². The zero-order chi connectivity index (χ0) is 24.8. The SMILES string of the molecule is CCOc1cc(/C=C2/NC(=O)N(CC(=O)O)C2=O)cc(Cl)c1OCC(=O)Nc1ccc(C)cc1. The van der Waals surface area contributed by atoms with Gasteiger partial charge < -0.3 is 25.2 Å². The molecule has 3 N–H and O–H groups in total. The highest BCUT2D eigenvalue weighted by atomic mass is 35.5. The second kappa shape index (κ2) is 10.7. The number of halogens is 1. The lowest BCUT2D eigenvalue weighted by atomic mass is 10.1. The Balaban J connectivity index is 1.76. The quantitative estimate of drug-likeness (QED) is 0.365. The van der Waals surface area contributed by atoms with Crippen LogP contribution in [0.2, 0.25) is 5.02 Å². The van der Waals surface area contributed by atoms with Gasteiger partial charge in [-0.05, 0) is 49.8 Å². The number of carboxylic acids is 1. The van der Waals surface area contributed by atoms with E-state index in [-0.39, 0.29) is 35.4 Å². The van der Waals surface area contributed by atoms with Crippen molar-refractivity contribution in [1.82, 2.24) is 10.2 Å². The van der Waals surface area contributed by atoms with E-state index in [9.17, 15) is 19.2 Å². The molecule has 3 rings (SSSR count). The fourth-order valence-electron chi connectivity index (χ4n) is 3.06. The van der Waals surface area contributed by atoms with Crippen LogP contribution in [0.1, 0.15) is 18.1 Å². The monoisotopic (exact) mass is 487 g/mol. The molecule has 2 aromatic rings. The van der Waals surface area contributed by atoms with Crippen molar-refractivity contribution in [2.24, 2.45) is 0 Å². The van der Waals surface area contributed by atoms with E-state index in [0.29, 0.717) is 16.2 Å². The zero-order valence-electron chi connectivity index (χ0n) is 18.4. The van der Waals surface area contributed by atoms with Crippen LogP contribution in [0.3, 0.4) is 0 Å². The number of aryl methyl sites for hydroxylation is 1. The van der Waals surface area contributed by atoms with Crippen molar-refractivity contribution in [3.05, 3.63) is 58.2 Å². The first-order valence-corrected chi connectivity index (χ1v) is 10.6. The molecule has 178 valence electrons. The number of amides is 4. The molecule has 0 radical (unpaired) electrons. The van der Waals surface area contributed by atoms with Crippen LogP contribution in [-0.2, 0) is 14.4 Å². The largest absolute Gasteiger partial charge is 0.490 e. The number of carboxylic acid groups (broad SMARTS) is 1. The van der Waals surface area contributed by atoms with Gasteiger partial charge in [-0.15, -0.1) is 0 Å². The van der Waals surface area contributed by atoms with Crippen molar-refractivity contribution in [2.75, 3.05) is 25.1 Å². The molecule has 0 aliphatic carbocycles. The maximum Gasteiger partial charge on any atom is 0.329 e. The highest BCUT2D eigenvalue weighted by Crippen LogP contribution is 2.37. The number of nitrogens with zero attached hydrogens (tertiary/aromatic N) is 1. The zero-order valence-corrected chi connectivity index (χ0v) is 19.1. The number of imide groups is 1. The van der Waals surface area contributed by atoms with Gasteiger partial charge >= 0.3 is 12.0 Å². The summed E-state index contributed by atoms with van der Waals surface area (Å²) < 4.78 is 11.2. The average molecular weight is 488 g/mol. The second-order valence-electron chi connectivity index (χ2n) is 7.24. The van der Waals surface area contributed by atoms with E-state index in [2.05, 4.69) is 10.6 Å². The number of benzene rings is 2. The van der Waals surface area contributed by atoms with Gasteiger partial charge in [-0.2, -0.15) is 0 Å². The van der Waals surface area contributed by atoms with E-state index < -0.39 is 30.4 Å². The topological polar surface area (TPSA) is 134 Å². The van der Waals surface area contributed by atoms with E-state index in [1.807, 2.05) is 19.1 Å². The van der Waals surface area contributed by atoms with Crippen molar-refractivity contribution >= 4 is 47.2 Å². The Morgan fingerprint density at radius 1 is 1.18 bits per heavy atom. The smallest absolute Gasteiger partial charge is 0.329 e. The second-order valence-corrected chi connectivity index (χ2v) is 7.65. The minimum absolute atomic E-state index is 0.111. The Morgan fingerprint density at radius 3 is 2.53 bits per heavy atom. The van der Waals surface area contributed by atoms with E-state index in [1.54, 1.807) is 19.1 Å². The Kier molecular flexibility index (Phi) is 7.75. The van der Waals surface area contributed by atoms with Crippen LogP contribution in [0.15, 0.2) is 42.1 Å². The molecule has 10 nitrogen and oxygen atoms in total. The maximum absolute atomic E-state index is 12.3. The third-order valence-electron chi connectivity index (χ3n) is 4.58. The number of hydrogen-bond donors (Lipinski definition) is 3. The van der Waals surface area contributed by atoms with Crippen molar-refractivity contribution in [3.63, 3.8) is 0 Å². The van der Waals surface area contributed by atoms with Gasteiger partial charge in [0.15, 0.2) is 18.1 Å². The highest BCUT2D eigenvalue weighted by Gasteiger charge is 2.35. The molecule has 1 heterocycles. The van der Waals surface area contributed by atoms with Crippen LogP contribution in [0.25, 0.3) is 6.08 Å². The molecule has 34 heavy (non-hydrogen) atoms. The minimum Gasteiger partial charge on any atom is -0.490 e. The average Bonchev–Trinajstić information content (AvgIpc) is 3.02. The standard InChI is InChI=1S/C23H22ClN3O7/c1-3-33-18-10-14(9-17-22(31)27(11-20(29)30)23(32)26-17)8-16(24)21(18)34-12-19(28)25-15-6-4-13(2)5-7-15/h4-10H,3,11-12H2,1-2H3,(H,25,28)(H,26,32)(H,29,30)/b17-9+. The first-order valence-electron chi connectivity index (χ1n) is 10.2. The molecule has 0 spiro atoms. The van der Waals surface area contributed by atoms with Gasteiger partial charge in [-0.3, -0.25) is 14.4 Å². The van der Waals surface area contributed by atoms with Crippen molar-refractivity contribution in [1.29, 1.82) is 0 Å². The van der Waals surface area contributed by atoms with Crippen molar-refractivity contribution in [3.8, 4) is 11.5 Å². The summed E-state index contributed by atoms with van der Waals surface area (Å²) in [6, 6.07) is 9.43. The minimum atomic E-state index is -1.32. The maximum atomic E-state index is 12.3. The number of hydrogen-bond acceptors (Lipinski definition) is 6. The molecule has 0 unspecified atom stereocenters. The van der Waals surface area contributed by atoms with Gasteiger partial charge in [0, 0.05) is 5.69 Å². The van der Waals surface area contributed by atoms with Gasteiger partial charge in [0.2, 0.25) is 0 Å². The molecule has 1 saturated heterocycles. The van der Waals surface area contributed by atoms with Crippen LogP contribution in [0.4, 0.5) is 10.5 Å². The summed E-state index contributed by atoms with van der Waals surface area (Å²) in [4.78, 5) is 47.9. The van der Waals surface area contributed by atoms with E-state index in [1.165, 1.54) is 18.2 Å². The number of urea groups is 1. The molecule has 0 saturated carbocycles. The molecule has 2 aromatic carbocycles. The third-order valence-corrected chi connectivity index (χ3v) is 4.86. The summed E-state index contributed by atoms with van der Waals surface area (Å²) in [5.41, 5.74) is 1.96. The molecular formula is C23H22ClN3O7. The highest BCUT2D eigenvalue weighted by molar-refractivity contribution is 6.32. The van der Waals surface area contributed by atoms with Gasteiger partial charge in [-0.25, -0.2) is 9.69 Å². The normalized spacial score (nSPS) is 14.2. The molecule has 0 atom stereocenters. The van der Waals surface area contributed by atoms with Gasteiger partial charge in [0.05, 0.1) is 11.6 Å². The summed E-state index contributed by atoms with van der Waals surface area (Å²) in [6.07, 6.45) is 1.34. The summed E-state index contributed by atoms with van der Waals surface area (Å²) in [6.45, 7) is 2.87. The predicted octanol–water partition coefficient (Wildman–Crippen LogP) is 3.04. The fraction of sp³-hybridized carbons (Fsp3) is 0.217. The number of anilines is 1. The van der Waals surface area contributed by atoms with E-state index in [4.69, 9.17) is 26.2 Å². The van der Waals surface area contributed by atoms with Crippen molar-refractivity contribution in [2.45, 2.75) is 13.8 Å². The van der Waals surface area contributed by atoms with E-state index in [0.717, 1.165) is 5.56 Å². The summed E-state index contributed by atoms with van der Waals surface area (Å²) in [7, 11) is 0. The first-order chi connectivity index (χ1) is 16.2. The predicted molar refractivity (Wildman–Crippen MR) is 124 cm³/mol. The summed E-state index contributed by atoms with van der Waals surface area (Å²) in [5, 5.41) is 14.0. The lowest BCUT2D eigenvalue weighted by Crippen LogP contribution is -2.35. The lowest BCUT2D eigenvalue weighted by molar-refractivity contribution is -0.140. The molecule has 0 aromatic heterocycles. The number of carbonyl (C=O) groups is 4. The molecule has 0 bridgehead atoms. The van der Waals surface area contributed by atoms with Crippen LogP contribution in [0.5, 0.6) is 11.5 Å². The number of nitrogens with one attached hydrogen (secondary N) is 2. The van der Waals surface area contributed by atoms with E-state index >= 15 is 0 Å².